The van der Waals surface area contributed by atoms with E-state index in [2.05, 4.69) is 15.9 Å². The van der Waals surface area contributed by atoms with Crippen molar-refractivity contribution in [2.75, 3.05) is 6.54 Å². The van der Waals surface area contributed by atoms with Crippen molar-refractivity contribution in [1.82, 2.24) is 4.72 Å². The molecular weight excluding hydrogens is 364 g/mol. The van der Waals surface area contributed by atoms with Crippen LogP contribution < -0.4 is 10.5 Å². The maximum Gasteiger partial charge on any atom is 0.345 e. The van der Waals surface area contributed by atoms with Gasteiger partial charge in [0.1, 0.15) is 15.9 Å². The van der Waals surface area contributed by atoms with Crippen LogP contribution in [-0.2, 0) is 14.8 Å². The van der Waals surface area contributed by atoms with Crippen molar-refractivity contribution in [3.05, 3.63) is 14.7 Å². The van der Waals surface area contributed by atoms with Crippen LogP contribution in [0.15, 0.2) is 14.7 Å². The lowest BCUT2D eigenvalue weighted by Crippen LogP contribution is -2.39. The molecule has 1 unspecified atom stereocenters. The molecule has 1 heterocycles. The second kappa shape index (κ2) is 5.96. The number of sulfonamides is 1. The second-order valence-electron chi connectivity index (χ2n) is 3.32. The maximum absolute atomic E-state index is 11.8. The Labute approximate surface area is 120 Å². The van der Waals surface area contributed by atoms with E-state index in [4.69, 9.17) is 15.9 Å². The molecule has 11 heteroatoms. The van der Waals surface area contributed by atoms with E-state index >= 15 is 0 Å². The van der Waals surface area contributed by atoms with Crippen LogP contribution in [0.3, 0.4) is 0 Å². The highest BCUT2D eigenvalue weighted by Gasteiger charge is 2.24. The predicted molar refractivity (Wildman–Crippen MR) is 69.4 cm³/mol. The monoisotopic (exact) mass is 372 g/mol. The van der Waals surface area contributed by atoms with Crippen molar-refractivity contribution in [3.8, 4) is 0 Å². The number of nitrogens with one attached hydrogen (secondary N) is 1. The van der Waals surface area contributed by atoms with Crippen LogP contribution in [0.5, 0.6) is 0 Å². The number of carboxylic acid groups (broad SMARTS) is 1. The zero-order valence-electron chi connectivity index (χ0n) is 9.16. The van der Waals surface area contributed by atoms with Crippen molar-refractivity contribution < 1.29 is 28.2 Å². The number of thiophene rings is 1. The first kappa shape index (κ1) is 16.0. The molecule has 1 aromatic rings. The number of rotatable bonds is 6. The Balaban J connectivity index is 2.95. The molecule has 0 spiro atoms. The first-order chi connectivity index (χ1) is 8.65. The van der Waals surface area contributed by atoms with Crippen LogP contribution in [0.25, 0.3) is 0 Å². The topological polar surface area (TPSA) is 147 Å². The van der Waals surface area contributed by atoms with Crippen molar-refractivity contribution in [3.63, 3.8) is 0 Å². The smallest absolute Gasteiger partial charge is 0.345 e. The number of primary amides is 1. The fourth-order valence-electron chi connectivity index (χ4n) is 1.01. The summed E-state index contributed by atoms with van der Waals surface area (Å²) < 4.78 is 25.7. The van der Waals surface area contributed by atoms with Crippen LogP contribution in [0.4, 0.5) is 0 Å². The number of aliphatic hydroxyl groups excluding tert-OH is 1. The molecule has 0 bridgehead atoms. The fourth-order valence-corrected chi connectivity index (χ4v) is 4.45. The van der Waals surface area contributed by atoms with E-state index < -0.39 is 34.5 Å². The summed E-state index contributed by atoms with van der Waals surface area (Å²) in [5, 5.41) is 17.8. The summed E-state index contributed by atoms with van der Waals surface area (Å²) >= 11 is 3.67. The molecule has 1 rings (SSSR count). The number of aliphatic hydroxyl groups is 1. The highest BCUT2D eigenvalue weighted by atomic mass is 79.9. The van der Waals surface area contributed by atoms with E-state index in [0.717, 1.165) is 17.4 Å². The largest absolute Gasteiger partial charge is 0.477 e. The van der Waals surface area contributed by atoms with Gasteiger partial charge in [0.15, 0.2) is 0 Å². The van der Waals surface area contributed by atoms with Crippen LogP contribution >= 0.6 is 27.3 Å². The molecular formula is C8H9BrN2O6S2. The summed E-state index contributed by atoms with van der Waals surface area (Å²) in [6.07, 6.45) is -1.66. The highest BCUT2D eigenvalue weighted by molar-refractivity contribution is 9.11. The van der Waals surface area contributed by atoms with Gasteiger partial charge in [0.25, 0.3) is 0 Å². The molecule has 0 aliphatic rings. The number of carbonyl (C=O) groups is 2. The minimum absolute atomic E-state index is 0.103. The lowest BCUT2D eigenvalue weighted by molar-refractivity contribution is -0.125. The minimum Gasteiger partial charge on any atom is -0.477 e. The van der Waals surface area contributed by atoms with Gasteiger partial charge in [-0.15, -0.1) is 11.3 Å². The van der Waals surface area contributed by atoms with E-state index in [0.29, 0.717) is 0 Å². The van der Waals surface area contributed by atoms with Crippen LogP contribution in [0.1, 0.15) is 9.67 Å². The Kier molecular flexibility index (Phi) is 5.04. The molecule has 1 atom stereocenters. The lowest BCUT2D eigenvalue weighted by Gasteiger charge is -2.08. The molecule has 106 valence electrons. The third-order valence-electron chi connectivity index (χ3n) is 1.95. The molecule has 5 N–H and O–H groups in total. The van der Waals surface area contributed by atoms with Gasteiger partial charge in [-0.05, 0) is 22.0 Å². The molecule has 0 radical (unpaired) electrons. The summed E-state index contributed by atoms with van der Waals surface area (Å²) in [4.78, 5) is 20.8. The van der Waals surface area contributed by atoms with Gasteiger partial charge in [-0.2, -0.15) is 0 Å². The molecule has 1 amide bonds. The third-order valence-corrected chi connectivity index (χ3v) is 5.61. The summed E-state index contributed by atoms with van der Waals surface area (Å²) in [5.74, 6) is -2.33. The molecule has 8 nitrogen and oxygen atoms in total. The van der Waals surface area contributed by atoms with Crippen LogP contribution in [0.2, 0.25) is 0 Å². The number of amides is 1. The van der Waals surface area contributed by atoms with Gasteiger partial charge in [-0.1, -0.05) is 0 Å². The standard InChI is InChI=1S/C8H9BrN2O6S2/c9-6-5(1-4(18-6)8(14)15)19(16,17)11-2-3(12)7(10)13/h1,3,11-12H,2H2,(H2,10,13)(H,14,15). The van der Waals surface area contributed by atoms with Crippen LogP contribution in [0, 0.1) is 0 Å². The number of hydrogen-bond acceptors (Lipinski definition) is 6. The number of carboxylic acids is 1. The predicted octanol–water partition coefficient (Wildman–Crippen LogP) is -0.667. The molecule has 0 fully saturated rings. The fraction of sp³-hybridized carbons (Fsp3) is 0.250. The summed E-state index contributed by atoms with van der Waals surface area (Å²) in [6, 6.07) is 0.968. The maximum atomic E-state index is 11.8. The molecule has 19 heavy (non-hydrogen) atoms. The second-order valence-corrected chi connectivity index (χ2v) is 7.43. The molecule has 0 saturated heterocycles. The van der Waals surface area contributed by atoms with Gasteiger partial charge in [0, 0.05) is 6.54 Å². The van der Waals surface area contributed by atoms with Gasteiger partial charge in [0.2, 0.25) is 15.9 Å². The number of halogens is 1. The summed E-state index contributed by atoms with van der Waals surface area (Å²) in [7, 11) is -4.05. The molecule has 0 saturated carbocycles. The molecule has 0 aliphatic heterocycles. The SMILES string of the molecule is NC(=O)C(O)CNS(=O)(=O)c1cc(C(=O)O)sc1Br. The Morgan fingerprint density at radius 1 is 1.53 bits per heavy atom. The van der Waals surface area contributed by atoms with E-state index in [-0.39, 0.29) is 13.6 Å². The number of nitrogens with two attached hydrogens (primary N) is 1. The number of aromatic carboxylic acids is 1. The van der Waals surface area contributed by atoms with Crippen molar-refractivity contribution in [1.29, 1.82) is 0 Å². The van der Waals surface area contributed by atoms with E-state index in [1.54, 1.807) is 0 Å². The third kappa shape index (κ3) is 3.98. The normalized spacial score (nSPS) is 13.2. The van der Waals surface area contributed by atoms with Crippen molar-refractivity contribution in [2.24, 2.45) is 5.73 Å². The Morgan fingerprint density at radius 2 is 2.11 bits per heavy atom. The average Bonchev–Trinajstić information content (AvgIpc) is 2.69. The number of hydrogen-bond donors (Lipinski definition) is 4. The lowest BCUT2D eigenvalue weighted by atomic mass is 10.3. The van der Waals surface area contributed by atoms with Gasteiger partial charge in [-0.25, -0.2) is 17.9 Å². The van der Waals surface area contributed by atoms with E-state index in [9.17, 15) is 18.0 Å². The zero-order valence-corrected chi connectivity index (χ0v) is 12.4. The molecule has 1 aromatic heterocycles. The van der Waals surface area contributed by atoms with Crippen LogP contribution in [-0.4, -0.2) is 43.2 Å². The molecule has 0 aliphatic carbocycles. The summed E-state index contributed by atoms with van der Waals surface area (Å²) in [6.45, 7) is -0.595. The quantitative estimate of drug-likeness (QED) is 0.520. The Morgan fingerprint density at radius 3 is 2.53 bits per heavy atom. The van der Waals surface area contributed by atoms with Gasteiger partial charge >= 0.3 is 5.97 Å². The van der Waals surface area contributed by atoms with Gasteiger partial charge < -0.3 is 15.9 Å². The van der Waals surface area contributed by atoms with Gasteiger partial charge in [0.05, 0.1) is 3.79 Å². The minimum atomic E-state index is -4.05. The Bertz CT molecular complexity index is 611. The molecule has 0 aromatic carbocycles. The Hall–Kier alpha value is -1.01. The summed E-state index contributed by atoms with van der Waals surface area (Å²) in [5.41, 5.74) is 4.77. The zero-order chi connectivity index (χ0) is 14.8. The highest BCUT2D eigenvalue weighted by Crippen LogP contribution is 2.31. The van der Waals surface area contributed by atoms with E-state index in [1.165, 1.54) is 0 Å². The number of carbonyl (C=O) groups excluding carboxylic acids is 1. The first-order valence-electron chi connectivity index (χ1n) is 4.65. The van der Waals surface area contributed by atoms with Crippen molar-refractivity contribution >= 4 is 49.2 Å². The van der Waals surface area contributed by atoms with Gasteiger partial charge in [-0.3, -0.25) is 4.79 Å². The first-order valence-corrected chi connectivity index (χ1v) is 7.74. The van der Waals surface area contributed by atoms with E-state index in [1.807, 2.05) is 4.72 Å². The van der Waals surface area contributed by atoms with Crippen molar-refractivity contribution in [2.45, 2.75) is 11.0 Å². The average molecular weight is 373 g/mol.